The molecule has 0 unspecified atom stereocenters. The van der Waals surface area contributed by atoms with Crippen LogP contribution in [-0.4, -0.2) is 20.5 Å². The molecule has 0 saturated carbocycles. The molecular weight excluding hydrogens is 328 g/mol. The standard InChI is InChI=1S/C12H13BrN4OS/c1-12(2,3)10-9(19-17-16-10)11(18)15-8-4-5-14-6-7(8)13/h4-6H,1-3H3,(H,14,15,18). The minimum Gasteiger partial charge on any atom is -0.320 e. The first-order valence-corrected chi connectivity index (χ1v) is 7.20. The highest BCUT2D eigenvalue weighted by atomic mass is 79.9. The lowest BCUT2D eigenvalue weighted by atomic mass is 9.91. The molecule has 0 saturated heterocycles. The summed E-state index contributed by atoms with van der Waals surface area (Å²) >= 11 is 4.45. The molecule has 2 aromatic heterocycles. The average Bonchev–Trinajstić information content (AvgIpc) is 2.81. The van der Waals surface area contributed by atoms with E-state index in [4.69, 9.17) is 0 Å². The van der Waals surface area contributed by atoms with Crippen LogP contribution in [0.5, 0.6) is 0 Å². The van der Waals surface area contributed by atoms with Crippen LogP contribution in [0, 0.1) is 0 Å². The fraction of sp³-hybridized carbons (Fsp3) is 0.333. The van der Waals surface area contributed by atoms with Crippen molar-refractivity contribution in [2.24, 2.45) is 0 Å². The van der Waals surface area contributed by atoms with Crippen LogP contribution >= 0.6 is 27.5 Å². The Kier molecular flexibility index (Phi) is 3.96. The van der Waals surface area contributed by atoms with Crippen molar-refractivity contribution >= 4 is 39.1 Å². The quantitative estimate of drug-likeness (QED) is 0.911. The summed E-state index contributed by atoms with van der Waals surface area (Å²) in [5.41, 5.74) is 1.17. The molecule has 0 atom stereocenters. The van der Waals surface area contributed by atoms with Gasteiger partial charge in [-0.05, 0) is 33.5 Å². The molecule has 19 heavy (non-hydrogen) atoms. The van der Waals surface area contributed by atoms with Gasteiger partial charge in [-0.3, -0.25) is 9.78 Å². The number of pyridine rings is 1. The van der Waals surface area contributed by atoms with Crippen LogP contribution in [0.3, 0.4) is 0 Å². The Morgan fingerprint density at radius 1 is 1.42 bits per heavy atom. The molecule has 0 radical (unpaired) electrons. The Morgan fingerprint density at radius 2 is 2.16 bits per heavy atom. The fourth-order valence-electron chi connectivity index (χ4n) is 1.49. The molecule has 0 spiro atoms. The summed E-state index contributed by atoms with van der Waals surface area (Å²) in [6.07, 6.45) is 3.25. The van der Waals surface area contributed by atoms with E-state index >= 15 is 0 Å². The van der Waals surface area contributed by atoms with E-state index < -0.39 is 0 Å². The van der Waals surface area contributed by atoms with Crippen LogP contribution in [0.15, 0.2) is 22.9 Å². The number of carbonyl (C=O) groups excluding carboxylic acids is 1. The van der Waals surface area contributed by atoms with Gasteiger partial charge in [0.1, 0.15) is 4.88 Å². The molecule has 0 fully saturated rings. The molecule has 0 aliphatic carbocycles. The van der Waals surface area contributed by atoms with Crippen molar-refractivity contribution in [1.29, 1.82) is 0 Å². The highest BCUT2D eigenvalue weighted by molar-refractivity contribution is 9.10. The van der Waals surface area contributed by atoms with E-state index in [9.17, 15) is 4.79 Å². The van der Waals surface area contributed by atoms with Crippen molar-refractivity contribution in [3.63, 3.8) is 0 Å². The van der Waals surface area contributed by atoms with E-state index in [1.165, 1.54) is 0 Å². The molecule has 0 bridgehead atoms. The summed E-state index contributed by atoms with van der Waals surface area (Å²) < 4.78 is 4.61. The SMILES string of the molecule is CC(C)(C)c1nnsc1C(=O)Nc1ccncc1Br. The van der Waals surface area contributed by atoms with Gasteiger partial charge in [-0.1, -0.05) is 25.3 Å². The van der Waals surface area contributed by atoms with Crippen molar-refractivity contribution in [2.75, 3.05) is 5.32 Å². The van der Waals surface area contributed by atoms with Gasteiger partial charge in [-0.15, -0.1) is 5.10 Å². The maximum Gasteiger partial charge on any atom is 0.269 e. The third kappa shape index (κ3) is 3.16. The van der Waals surface area contributed by atoms with Gasteiger partial charge in [-0.25, -0.2) is 0 Å². The fourth-order valence-corrected chi connectivity index (χ4v) is 2.61. The largest absolute Gasteiger partial charge is 0.320 e. The topological polar surface area (TPSA) is 67.8 Å². The number of halogens is 1. The van der Waals surface area contributed by atoms with Gasteiger partial charge in [0.15, 0.2) is 0 Å². The highest BCUT2D eigenvalue weighted by Crippen LogP contribution is 2.27. The zero-order chi connectivity index (χ0) is 14.0. The van der Waals surface area contributed by atoms with E-state index in [0.717, 1.165) is 16.0 Å². The van der Waals surface area contributed by atoms with Crippen molar-refractivity contribution in [2.45, 2.75) is 26.2 Å². The summed E-state index contributed by atoms with van der Waals surface area (Å²) in [6.45, 7) is 6.01. The second kappa shape index (κ2) is 5.34. The van der Waals surface area contributed by atoms with Gasteiger partial charge >= 0.3 is 0 Å². The van der Waals surface area contributed by atoms with Gasteiger partial charge in [0.05, 0.1) is 15.9 Å². The van der Waals surface area contributed by atoms with Crippen LogP contribution in [0.1, 0.15) is 36.1 Å². The Bertz CT molecular complexity index is 606. The van der Waals surface area contributed by atoms with Crippen molar-refractivity contribution in [1.82, 2.24) is 14.6 Å². The molecule has 2 aromatic rings. The Labute approximate surface area is 123 Å². The molecule has 0 aromatic carbocycles. The average molecular weight is 341 g/mol. The maximum atomic E-state index is 12.3. The van der Waals surface area contributed by atoms with E-state index in [2.05, 4.69) is 35.8 Å². The molecule has 2 rings (SSSR count). The minimum absolute atomic E-state index is 0.202. The zero-order valence-corrected chi connectivity index (χ0v) is 13.2. The summed E-state index contributed by atoms with van der Waals surface area (Å²) in [6, 6.07) is 1.73. The van der Waals surface area contributed by atoms with Gasteiger partial charge in [0, 0.05) is 17.8 Å². The van der Waals surface area contributed by atoms with Crippen LogP contribution in [0.25, 0.3) is 0 Å². The summed E-state index contributed by atoms with van der Waals surface area (Å²) in [5.74, 6) is -0.202. The smallest absolute Gasteiger partial charge is 0.269 e. The second-order valence-electron chi connectivity index (χ2n) is 5.01. The van der Waals surface area contributed by atoms with Crippen LogP contribution in [0.2, 0.25) is 0 Å². The molecule has 5 nitrogen and oxygen atoms in total. The van der Waals surface area contributed by atoms with E-state index in [-0.39, 0.29) is 11.3 Å². The lowest BCUT2D eigenvalue weighted by Gasteiger charge is -2.16. The predicted octanol–water partition coefficient (Wildman–Crippen LogP) is 3.25. The lowest BCUT2D eigenvalue weighted by molar-refractivity contribution is 0.102. The molecule has 0 aliphatic heterocycles. The van der Waals surface area contributed by atoms with Crippen molar-refractivity contribution in [3.05, 3.63) is 33.5 Å². The van der Waals surface area contributed by atoms with Gasteiger partial charge in [-0.2, -0.15) is 0 Å². The lowest BCUT2D eigenvalue weighted by Crippen LogP contribution is -2.20. The summed E-state index contributed by atoms with van der Waals surface area (Å²) in [7, 11) is 0. The number of nitrogens with one attached hydrogen (secondary N) is 1. The second-order valence-corrected chi connectivity index (χ2v) is 6.62. The zero-order valence-electron chi connectivity index (χ0n) is 10.8. The normalized spacial score (nSPS) is 11.4. The number of aromatic nitrogens is 3. The number of hydrogen-bond donors (Lipinski definition) is 1. The highest BCUT2D eigenvalue weighted by Gasteiger charge is 2.26. The predicted molar refractivity (Wildman–Crippen MR) is 78.5 cm³/mol. The van der Waals surface area contributed by atoms with Crippen molar-refractivity contribution in [3.8, 4) is 0 Å². The monoisotopic (exact) mass is 340 g/mol. The number of nitrogens with zero attached hydrogens (tertiary/aromatic N) is 3. The summed E-state index contributed by atoms with van der Waals surface area (Å²) in [4.78, 5) is 16.8. The van der Waals surface area contributed by atoms with Gasteiger partial charge < -0.3 is 5.32 Å². The molecule has 1 amide bonds. The first kappa shape index (κ1) is 14.1. The first-order chi connectivity index (χ1) is 8.89. The van der Waals surface area contributed by atoms with Crippen LogP contribution in [-0.2, 0) is 5.41 Å². The van der Waals surface area contributed by atoms with Crippen LogP contribution in [0.4, 0.5) is 5.69 Å². The molecule has 2 heterocycles. The number of rotatable bonds is 2. The minimum atomic E-state index is -0.213. The Hall–Kier alpha value is -1.34. The molecule has 0 aliphatic rings. The third-order valence-corrected chi connectivity index (χ3v) is 3.78. The number of anilines is 1. The third-order valence-electron chi connectivity index (χ3n) is 2.43. The molecule has 7 heteroatoms. The number of carbonyl (C=O) groups is 1. The van der Waals surface area contributed by atoms with Gasteiger partial charge in [0.2, 0.25) is 0 Å². The Morgan fingerprint density at radius 3 is 2.79 bits per heavy atom. The Balaban J connectivity index is 2.27. The first-order valence-electron chi connectivity index (χ1n) is 5.63. The number of hydrogen-bond acceptors (Lipinski definition) is 5. The van der Waals surface area contributed by atoms with E-state index in [1.807, 2.05) is 20.8 Å². The maximum absolute atomic E-state index is 12.3. The van der Waals surface area contributed by atoms with Crippen molar-refractivity contribution < 1.29 is 4.79 Å². The van der Waals surface area contributed by atoms with E-state index in [1.54, 1.807) is 18.5 Å². The molecule has 1 N–H and O–H groups in total. The van der Waals surface area contributed by atoms with Crippen LogP contribution < -0.4 is 5.32 Å². The van der Waals surface area contributed by atoms with Gasteiger partial charge in [0.25, 0.3) is 5.91 Å². The molecule has 100 valence electrons. The van der Waals surface area contributed by atoms with E-state index in [0.29, 0.717) is 16.3 Å². The molecular formula is C12H13BrN4OS. The summed E-state index contributed by atoms with van der Waals surface area (Å²) in [5, 5.41) is 6.89. The number of amides is 1.